The Morgan fingerprint density at radius 3 is 2.40 bits per heavy atom. The van der Waals surface area contributed by atoms with Crippen molar-refractivity contribution in [2.24, 2.45) is 5.11 Å². The SMILES string of the molecule is CC1(C)OCC([C@H]2O[C@@H]3OC(C)(C)O[C@@H]3[C@H]2N=[N+]=[N-])O1. The van der Waals surface area contributed by atoms with Gasteiger partial charge >= 0.3 is 0 Å². The number of ether oxygens (including phenoxy) is 5. The van der Waals surface area contributed by atoms with E-state index in [1.54, 1.807) is 13.8 Å². The largest absolute Gasteiger partial charge is 0.348 e. The van der Waals surface area contributed by atoms with Gasteiger partial charge in [0.2, 0.25) is 0 Å². The highest BCUT2D eigenvalue weighted by atomic mass is 16.8. The zero-order valence-corrected chi connectivity index (χ0v) is 12.0. The van der Waals surface area contributed by atoms with E-state index in [1.807, 2.05) is 13.8 Å². The topological polar surface area (TPSA) is 94.9 Å². The summed E-state index contributed by atoms with van der Waals surface area (Å²) < 4.78 is 28.6. The van der Waals surface area contributed by atoms with Crippen molar-refractivity contribution in [2.75, 3.05) is 6.61 Å². The standard InChI is InChI=1S/C12H19N3O5/c1-11(2)16-5-6(18-11)8-7(14-15-13)9-10(17-8)20-12(3,4)19-9/h6-10H,5H2,1-4H3/t6?,7-,8+,9+,10+/m0/s1. The Labute approximate surface area is 116 Å². The average Bonchev–Trinajstić information content (AvgIpc) is 2.91. The van der Waals surface area contributed by atoms with Gasteiger partial charge in [-0.25, -0.2) is 0 Å². The van der Waals surface area contributed by atoms with E-state index in [-0.39, 0.29) is 6.10 Å². The molecule has 0 aromatic carbocycles. The summed E-state index contributed by atoms with van der Waals surface area (Å²) in [7, 11) is 0. The second-order valence-electron chi connectivity index (χ2n) is 6.13. The predicted molar refractivity (Wildman–Crippen MR) is 66.5 cm³/mol. The minimum atomic E-state index is -0.740. The van der Waals surface area contributed by atoms with Crippen molar-refractivity contribution in [3.05, 3.63) is 10.4 Å². The molecule has 3 saturated heterocycles. The van der Waals surface area contributed by atoms with Gasteiger partial charge in [-0.2, -0.15) is 0 Å². The second kappa shape index (κ2) is 4.56. The van der Waals surface area contributed by atoms with Gasteiger partial charge in [-0.3, -0.25) is 0 Å². The number of nitrogens with zero attached hydrogens (tertiary/aromatic N) is 3. The monoisotopic (exact) mass is 285 g/mol. The van der Waals surface area contributed by atoms with Crippen LogP contribution in [0.1, 0.15) is 27.7 Å². The van der Waals surface area contributed by atoms with Gasteiger partial charge in [0.05, 0.1) is 12.6 Å². The molecule has 3 fully saturated rings. The van der Waals surface area contributed by atoms with Crippen molar-refractivity contribution >= 4 is 0 Å². The molecule has 3 rings (SSSR count). The van der Waals surface area contributed by atoms with Crippen LogP contribution in [0.3, 0.4) is 0 Å². The first-order valence-corrected chi connectivity index (χ1v) is 6.68. The summed E-state index contributed by atoms with van der Waals surface area (Å²) in [4.78, 5) is 2.90. The summed E-state index contributed by atoms with van der Waals surface area (Å²) in [6.07, 6.45) is -1.70. The first-order valence-electron chi connectivity index (χ1n) is 6.68. The van der Waals surface area contributed by atoms with Crippen LogP contribution in [0.4, 0.5) is 0 Å². The quantitative estimate of drug-likeness (QED) is 0.437. The average molecular weight is 285 g/mol. The third-order valence-corrected chi connectivity index (χ3v) is 3.63. The maximum absolute atomic E-state index is 8.77. The fourth-order valence-corrected chi connectivity index (χ4v) is 2.89. The van der Waals surface area contributed by atoms with Gasteiger partial charge in [0.1, 0.15) is 18.3 Å². The molecule has 5 atom stereocenters. The molecule has 3 heterocycles. The molecule has 3 aliphatic heterocycles. The van der Waals surface area contributed by atoms with Crippen molar-refractivity contribution < 1.29 is 23.7 Å². The first-order chi connectivity index (χ1) is 9.31. The molecule has 0 aromatic heterocycles. The van der Waals surface area contributed by atoms with Crippen LogP contribution in [0.2, 0.25) is 0 Å². The Morgan fingerprint density at radius 2 is 1.80 bits per heavy atom. The highest BCUT2D eigenvalue weighted by Gasteiger charge is 2.57. The molecule has 0 saturated carbocycles. The molecule has 0 amide bonds. The van der Waals surface area contributed by atoms with Gasteiger partial charge in [-0.05, 0) is 33.2 Å². The smallest absolute Gasteiger partial charge is 0.188 e. The second-order valence-corrected chi connectivity index (χ2v) is 6.13. The molecule has 0 aliphatic carbocycles. The Balaban J connectivity index is 1.78. The van der Waals surface area contributed by atoms with E-state index in [4.69, 9.17) is 29.2 Å². The van der Waals surface area contributed by atoms with Crippen LogP contribution >= 0.6 is 0 Å². The van der Waals surface area contributed by atoms with Crippen molar-refractivity contribution in [2.45, 2.75) is 69.9 Å². The molecule has 8 heteroatoms. The minimum Gasteiger partial charge on any atom is -0.348 e. The molecule has 20 heavy (non-hydrogen) atoms. The van der Waals surface area contributed by atoms with Crippen LogP contribution in [0.25, 0.3) is 10.4 Å². The van der Waals surface area contributed by atoms with Gasteiger partial charge in [0, 0.05) is 4.91 Å². The Bertz CT molecular complexity index is 448. The van der Waals surface area contributed by atoms with Crippen molar-refractivity contribution in [1.29, 1.82) is 0 Å². The van der Waals surface area contributed by atoms with Crippen LogP contribution in [0, 0.1) is 0 Å². The third kappa shape index (κ3) is 2.39. The van der Waals surface area contributed by atoms with Crippen LogP contribution in [-0.4, -0.2) is 48.8 Å². The lowest BCUT2D eigenvalue weighted by molar-refractivity contribution is -0.222. The van der Waals surface area contributed by atoms with Crippen LogP contribution in [-0.2, 0) is 23.7 Å². The summed E-state index contributed by atoms with van der Waals surface area (Å²) in [6.45, 7) is 7.66. The van der Waals surface area contributed by atoms with E-state index in [0.29, 0.717) is 6.61 Å². The highest BCUT2D eigenvalue weighted by molar-refractivity contribution is 5.01. The summed E-state index contributed by atoms with van der Waals surface area (Å²) in [6, 6.07) is -0.491. The van der Waals surface area contributed by atoms with E-state index in [9.17, 15) is 0 Å². The molecule has 8 nitrogen and oxygen atoms in total. The van der Waals surface area contributed by atoms with E-state index in [1.165, 1.54) is 0 Å². The maximum Gasteiger partial charge on any atom is 0.188 e. The Kier molecular flexibility index (Phi) is 3.20. The summed E-state index contributed by atoms with van der Waals surface area (Å²) in [5, 5.41) is 3.82. The van der Waals surface area contributed by atoms with E-state index in [2.05, 4.69) is 10.0 Å². The number of rotatable bonds is 2. The van der Waals surface area contributed by atoms with Gasteiger partial charge in [0.15, 0.2) is 17.9 Å². The fourth-order valence-electron chi connectivity index (χ4n) is 2.89. The summed E-state index contributed by atoms with van der Waals surface area (Å²) >= 11 is 0. The van der Waals surface area contributed by atoms with Crippen molar-refractivity contribution in [3.8, 4) is 0 Å². The van der Waals surface area contributed by atoms with E-state index < -0.39 is 36.1 Å². The molecule has 1 unspecified atom stereocenters. The number of azide groups is 1. The van der Waals surface area contributed by atoms with E-state index >= 15 is 0 Å². The molecular weight excluding hydrogens is 266 g/mol. The lowest BCUT2D eigenvalue weighted by Crippen LogP contribution is -2.41. The first kappa shape index (κ1) is 14.1. The lowest BCUT2D eigenvalue weighted by Gasteiger charge is -2.26. The summed E-state index contributed by atoms with van der Waals surface area (Å²) in [5.74, 6) is -1.40. The number of hydrogen-bond acceptors (Lipinski definition) is 6. The van der Waals surface area contributed by atoms with Crippen LogP contribution < -0.4 is 0 Å². The van der Waals surface area contributed by atoms with E-state index in [0.717, 1.165) is 0 Å². The number of fused-ring (bicyclic) bond motifs is 1. The van der Waals surface area contributed by atoms with Crippen molar-refractivity contribution in [3.63, 3.8) is 0 Å². The lowest BCUT2D eigenvalue weighted by atomic mass is 10.0. The normalized spacial score (nSPS) is 45.1. The molecule has 3 aliphatic rings. The fraction of sp³-hybridized carbons (Fsp3) is 1.00. The third-order valence-electron chi connectivity index (χ3n) is 3.63. The molecule has 0 spiro atoms. The van der Waals surface area contributed by atoms with Crippen molar-refractivity contribution in [1.82, 2.24) is 0 Å². The molecule has 0 aromatic rings. The van der Waals surface area contributed by atoms with Crippen LogP contribution in [0.5, 0.6) is 0 Å². The van der Waals surface area contributed by atoms with Gasteiger partial charge in [0.25, 0.3) is 0 Å². The molecular formula is C12H19N3O5. The molecule has 112 valence electrons. The summed E-state index contributed by atoms with van der Waals surface area (Å²) in [5.41, 5.74) is 8.77. The zero-order valence-electron chi connectivity index (χ0n) is 12.0. The molecule has 0 radical (unpaired) electrons. The number of hydrogen-bond donors (Lipinski definition) is 0. The Hall–Kier alpha value is -0.890. The maximum atomic E-state index is 8.77. The zero-order chi connectivity index (χ0) is 14.5. The van der Waals surface area contributed by atoms with Gasteiger partial charge in [-0.15, -0.1) is 0 Å². The minimum absolute atomic E-state index is 0.304. The van der Waals surface area contributed by atoms with Gasteiger partial charge in [-0.1, -0.05) is 5.11 Å². The van der Waals surface area contributed by atoms with Gasteiger partial charge < -0.3 is 23.7 Å². The van der Waals surface area contributed by atoms with Crippen LogP contribution in [0.15, 0.2) is 5.11 Å². The Morgan fingerprint density at radius 1 is 1.05 bits per heavy atom. The predicted octanol–water partition coefficient (Wildman–Crippen LogP) is 1.69. The molecule has 0 N–H and O–H groups in total. The molecule has 0 bridgehead atoms. The highest BCUT2D eigenvalue weighted by Crippen LogP contribution is 2.41.